The van der Waals surface area contributed by atoms with E-state index >= 15 is 0 Å². The van der Waals surface area contributed by atoms with Crippen molar-refractivity contribution in [2.75, 3.05) is 6.61 Å². The Morgan fingerprint density at radius 1 is 1.00 bits per heavy atom. The summed E-state index contributed by atoms with van der Waals surface area (Å²) in [4.78, 5) is 10.5. The van der Waals surface area contributed by atoms with Crippen LogP contribution in [0.5, 0.6) is 0 Å². The maximum absolute atomic E-state index is 10.5. The van der Waals surface area contributed by atoms with Crippen LogP contribution < -0.4 is 0 Å². The standard InChI is InChI=1S/C15H26O2/c1-3-4-5-6-7-8-9-10-11-12-13-14-17-15(2)16/h4-5,7-8H,3,6,9-14H2,1-2H3. The number of allylic oxidation sites excluding steroid dienone is 4. The topological polar surface area (TPSA) is 26.3 Å². The summed E-state index contributed by atoms with van der Waals surface area (Å²) < 4.78 is 4.86. The first-order chi connectivity index (χ1) is 8.27. The lowest BCUT2D eigenvalue weighted by Gasteiger charge is -2.00. The quantitative estimate of drug-likeness (QED) is 0.320. The van der Waals surface area contributed by atoms with Gasteiger partial charge in [0.15, 0.2) is 0 Å². The molecule has 0 heterocycles. The molecule has 0 fully saturated rings. The molecule has 0 rings (SSSR count). The van der Waals surface area contributed by atoms with Gasteiger partial charge in [-0.05, 0) is 32.1 Å². The Morgan fingerprint density at radius 2 is 1.71 bits per heavy atom. The number of hydrogen-bond acceptors (Lipinski definition) is 2. The smallest absolute Gasteiger partial charge is 0.302 e. The zero-order valence-corrected chi connectivity index (χ0v) is 11.3. The lowest BCUT2D eigenvalue weighted by molar-refractivity contribution is -0.141. The van der Waals surface area contributed by atoms with E-state index in [1.807, 2.05) is 0 Å². The van der Waals surface area contributed by atoms with Crippen LogP contribution in [-0.4, -0.2) is 12.6 Å². The van der Waals surface area contributed by atoms with Gasteiger partial charge in [-0.1, -0.05) is 44.1 Å². The second-order valence-electron chi connectivity index (χ2n) is 4.13. The molecule has 0 N–H and O–H groups in total. The van der Waals surface area contributed by atoms with E-state index in [0.29, 0.717) is 6.61 Å². The van der Waals surface area contributed by atoms with Crippen LogP contribution in [0.3, 0.4) is 0 Å². The average molecular weight is 238 g/mol. The number of carbonyl (C=O) groups is 1. The SMILES string of the molecule is CCC=CCC=CCCCCCCOC(C)=O. The molecule has 0 aromatic heterocycles. The monoisotopic (exact) mass is 238 g/mol. The summed E-state index contributed by atoms with van der Waals surface area (Å²) in [5.41, 5.74) is 0. The van der Waals surface area contributed by atoms with Crippen LogP contribution in [0.1, 0.15) is 58.8 Å². The molecule has 17 heavy (non-hydrogen) atoms. The van der Waals surface area contributed by atoms with Gasteiger partial charge in [0.25, 0.3) is 0 Å². The van der Waals surface area contributed by atoms with Gasteiger partial charge < -0.3 is 4.74 Å². The Balaban J connectivity index is 3.12. The van der Waals surface area contributed by atoms with Crippen LogP contribution >= 0.6 is 0 Å². The van der Waals surface area contributed by atoms with Crippen LogP contribution in [-0.2, 0) is 9.53 Å². The minimum Gasteiger partial charge on any atom is -0.466 e. The summed E-state index contributed by atoms with van der Waals surface area (Å²) in [5.74, 6) is -0.173. The Bertz CT molecular complexity index is 229. The second-order valence-corrected chi connectivity index (χ2v) is 4.13. The molecule has 0 amide bonds. The molecule has 0 unspecified atom stereocenters. The Labute approximate surface area is 106 Å². The van der Waals surface area contributed by atoms with Crippen LogP contribution in [0.25, 0.3) is 0 Å². The lowest BCUT2D eigenvalue weighted by Crippen LogP contribution is -1.99. The number of ether oxygens (including phenoxy) is 1. The molecule has 0 radical (unpaired) electrons. The molecule has 2 nitrogen and oxygen atoms in total. The third-order valence-corrected chi connectivity index (χ3v) is 2.41. The van der Waals surface area contributed by atoms with Crippen molar-refractivity contribution in [1.82, 2.24) is 0 Å². The molecule has 0 saturated carbocycles. The summed E-state index contributed by atoms with van der Waals surface area (Å²) in [7, 11) is 0. The molecule has 0 aromatic rings. The van der Waals surface area contributed by atoms with Gasteiger partial charge in [0.2, 0.25) is 0 Å². The fourth-order valence-electron chi connectivity index (χ4n) is 1.49. The molecule has 0 aliphatic heterocycles. The Morgan fingerprint density at radius 3 is 2.41 bits per heavy atom. The zero-order chi connectivity index (χ0) is 12.8. The molecule has 0 atom stereocenters. The van der Waals surface area contributed by atoms with E-state index in [1.165, 1.54) is 19.8 Å². The minimum atomic E-state index is -0.173. The van der Waals surface area contributed by atoms with Crippen LogP contribution in [0.15, 0.2) is 24.3 Å². The number of hydrogen-bond donors (Lipinski definition) is 0. The highest BCUT2D eigenvalue weighted by molar-refractivity contribution is 5.65. The third-order valence-electron chi connectivity index (χ3n) is 2.41. The molecule has 0 aliphatic carbocycles. The maximum atomic E-state index is 10.5. The van der Waals surface area contributed by atoms with E-state index in [1.54, 1.807) is 0 Å². The molecule has 0 aliphatic rings. The summed E-state index contributed by atoms with van der Waals surface area (Å²) in [6, 6.07) is 0. The highest BCUT2D eigenvalue weighted by atomic mass is 16.5. The van der Waals surface area contributed by atoms with E-state index < -0.39 is 0 Å². The number of carbonyl (C=O) groups excluding carboxylic acids is 1. The van der Waals surface area contributed by atoms with Gasteiger partial charge in [-0.3, -0.25) is 4.79 Å². The van der Waals surface area contributed by atoms with E-state index in [-0.39, 0.29) is 5.97 Å². The number of esters is 1. The molecular formula is C15H26O2. The normalized spacial score (nSPS) is 11.4. The van der Waals surface area contributed by atoms with E-state index in [2.05, 4.69) is 31.2 Å². The summed E-state index contributed by atoms with van der Waals surface area (Å²) in [5, 5.41) is 0. The van der Waals surface area contributed by atoms with Gasteiger partial charge in [-0.15, -0.1) is 0 Å². The minimum absolute atomic E-state index is 0.173. The highest BCUT2D eigenvalue weighted by Gasteiger charge is 1.92. The maximum Gasteiger partial charge on any atom is 0.302 e. The van der Waals surface area contributed by atoms with Crippen molar-refractivity contribution in [2.24, 2.45) is 0 Å². The van der Waals surface area contributed by atoms with E-state index in [4.69, 9.17) is 4.74 Å². The van der Waals surface area contributed by atoms with Crippen molar-refractivity contribution >= 4 is 5.97 Å². The van der Waals surface area contributed by atoms with Crippen molar-refractivity contribution in [1.29, 1.82) is 0 Å². The summed E-state index contributed by atoms with van der Waals surface area (Å²) in [6.45, 7) is 4.18. The lowest BCUT2D eigenvalue weighted by atomic mass is 10.1. The van der Waals surface area contributed by atoms with Crippen molar-refractivity contribution in [3.05, 3.63) is 24.3 Å². The second kappa shape index (κ2) is 13.0. The largest absolute Gasteiger partial charge is 0.466 e. The molecule has 0 aromatic carbocycles. The Kier molecular flexibility index (Phi) is 12.2. The summed E-state index contributed by atoms with van der Waals surface area (Å²) >= 11 is 0. The third kappa shape index (κ3) is 14.9. The Hall–Kier alpha value is -1.05. The van der Waals surface area contributed by atoms with Crippen LogP contribution in [0, 0.1) is 0 Å². The predicted molar refractivity (Wildman–Crippen MR) is 72.9 cm³/mol. The van der Waals surface area contributed by atoms with E-state index in [9.17, 15) is 4.79 Å². The first-order valence-corrected chi connectivity index (χ1v) is 6.70. The first-order valence-electron chi connectivity index (χ1n) is 6.70. The van der Waals surface area contributed by atoms with Gasteiger partial charge in [-0.25, -0.2) is 0 Å². The van der Waals surface area contributed by atoms with Crippen molar-refractivity contribution in [3.8, 4) is 0 Å². The van der Waals surface area contributed by atoms with Crippen molar-refractivity contribution in [2.45, 2.75) is 58.8 Å². The van der Waals surface area contributed by atoms with Gasteiger partial charge in [0.1, 0.15) is 0 Å². The van der Waals surface area contributed by atoms with Gasteiger partial charge in [0, 0.05) is 6.92 Å². The molecule has 0 saturated heterocycles. The number of unbranched alkanes of at least 4 members (excludes halogenated alkanes) is 4. The van der Waals surface area contributed by atoms with Crippen LogP contribution in [0.2, 0.25) is 0 Å². The molecule has 0 spiro atoms. The van der Waals surface area contributed by atoms with Gasteiger partial charge in [-0.2, -0.15) is 0 Å². The molecule has 2 heteroatoms. The zero-order valence-electron chi connectivity index (χ0n) is 11.3. The highest BCUT2D eigenvalue weighted by Crippen LogP contribution is 2.04. The first kappa shape index (κ1) is 16.0. The van der Waals surface area contributed by atoms with Crippen molar-refractivity contribution < 1.29 is 9.53 Å². The predicted octanol–water partition coefficient (Wildman–Crippen LogP) is 4.41. The van der Waals surface area contributed by atoms with Gasteiger partial charge in [0.05, 0.1) is 6.61 Å². The molecule has 98 valence electrons. The van der Waals surface area contributed by atoms with E-state index in [0.717, 1.165) is 32.1 Å². The van der Waals surface area contributed by atoms with Crippen LogP contribution in [0.4, 0.5) is 0 Å². The average Bonchev–Trinajstić information content (AvgIpc) is 2.30. The number of rotatable bonds is 10. The molecular weight excluding hydrogens is 212 g/mol. The fourth-order valence-corrected chi connectivity index (χ4v) is 1.49. The van der Waals surface area contributed by atoms with Crippen molar-refractivity contribution in [3.63, 3.8) is 0 Å². The molecule has 0 bridgehead atoms. The summed E-state index contributed by atoms with van der Waals surface area (Å²) in [6.07, 6.45) is 16.8. The fraction of sp³-hybridized carbons (Fsp3) is 0.667. The van der Waals surface area contributed by atoms with Gasteiger partial charge >= 0.3 is 5.97 Å².